The number of nitrogens with two attached hydrogens (primary N) is 1. The van der Waals surface area contributed by atoms with Gasteiger partial charge in [-0.3, -0.25) is 0 Å². The third-order valence-corrected chi connectivity index (χ3v) is 2.60. The Morgan fingerprint density at radius 3 is 3.00 bits per heavy atom. The first kappa shape index (κ1) is 8.28. The maximum Gasteiger partial charge on any atom is 0.0991 e. The Hall–Kier alpha value is -1.33. The topological polar surface area (TPSA) is 49.8 Å². The number of aryl methyl sites for hydroxylation is 1. The smallest absolute Gasteiger partial charge is 0.0991 e. The van der Waals surface area contributed by atoms with E-state index in [2.05, 4.69) is 6.07 Å². The van der Waals surface area contributed by atoms with Gasteiger partial charge in [0.2, 0.25) is 0 Å². The highest BCUT2D eigenvalue weighted by molar-refractivity contribution is 5.39. The van der Waals surface area contributed by atoms with E-state index >= 15 is 0 Å². The molecule has 0 spiro atoms. The van der Waals surface area contributed by atoms with E-state index < -0.39 is 0 Å². The predicted molar refractivity (Wildman–Crippen MR) is 51.2 cm³/mol. The lowest BCUT2D eigenvalue weighted by atomic mass is 9.88. The molecule has 1 aromatic carbocycles. The van der Waals surface area contributed by atoms with Gasteiger partial charge in [0.25, 0.3) is 0 Å². The van der Waals surface area contributed by atoms with Crippen molar-refractivity contribution in [1.82, 2.24) is 0 Å². The average molecular weight is 172 g/mol. The van der Waals surface area contributed by atoms with Crippen molar-refractivity contribution in [3.8, 4) is 6.07 Å². The lowest BCUT2D eigenvalue weighted by Crippen LogP contribution is -2.27. The minimum Gasteiger partial charge on any atom is -0.327 e. The van der Waals surface area contributed by atoms with Crippen molar-refractivity contribution in [2.45, 2.75) is 25.3 Å². The Balaban J connectivity index is 2.38. The van der Waals surface area contributed by atoms with E-state index in [0.717, 1.165) is 24.8 Å². The van der Waals surface area contributed by atoms with Crippen LogP contribution in [0, 0.1) is 11.3 Å². The summed E-state index contributed by atoms with van der Waals surface area (Å²) < 4.78 is 0. The van der Waals surface area contributed by atoms with Gasteiger partial charge < -0.3 is 5.73 Å². The van der Waals surface area contributed by atoms with Crippen LogP contribution in [0.15, 0.2) is 18.2 Å². The summed E-state index contributed by atoms with van der Waals surface area (Å²) in [5, 5.41) is 8.72. The molecular formula is C11H12N2. The number of hydrogen-bond donors (Lipinski definition) is 1. The van der Waals surface area contributed by atoms with E-state index in [-0.39, 0.29) is 0 Å². The number of nitriles is 1. The van der Waals surface area contributed by atoms with Gasteiger partial charge in [0.15, 0.2) is 0 Å². The van der Waals surface area contributed by atoms with Gasteiger partial charge in [-0.25, -0.2) is 0 Å². The molecule has 0 bridgehead atoms. The van der Waals surface area contributed by atoms with E-state index in [1.54, 1.807) is 0 Å². The minimum absolute atomic E-state index is 0.306. The van der Waals surface area contributed by atoms with Crippen molar-refractivity contribution in [1.29, 1.82) is 5.26 Å². The van der Waals surface area contributed by atoms with E-state index in [1.165, 1.54) is 11.1 Å². The van der Waals surface area contributed by atoms with Gasteiger partial charge in [-0.05, 0) is 42.5 Å². The number of nitrogens with zero attached hydrogens (tertiary/aromatic N) is 1. The van der Waals surface area contributed by atoms with Crippen LogP contribution < -0.4 is 5.73 Å². The summed E-state index contributed by atoms with van der Waals surface area (Å²) in [5.41, 5.74) is 9.24. The third kappa shape index (κ3) is 1.56. The molecular weight excluding hydrogens is 160 g/mol. The van der Waals surface area contributed by atoms with Gasteiger partial charge in [-0.2, -0.15) is 5.26 Å². The summed E-state index contributed by atoms with van der Waals surface area (Å²) in [4.78, 5) is 0. The van der Waals surface area contributed by atoms with Crippen LogP contribution in [0.2, 0.25) is 0 Å². The van der Waals surface area contributed by atoms with Crippen molar-refractivity contribution in [3.05, 3.63) is 34.9 Å². The van der Waals surface area contributed by atoms with Gasteiger partial charge in [0, 0.05) is 6.04 Å². The summed E-state index contributed by atoms with van der Waals surface area (Å²) in [6.07, 6.45) is 3.02. The summed E-state index contributed by atoms with van der Waals surface area (Å²) in [5.74, 6) is 0. The third-order valence-electron chi connectivity index (χ3n) is 2.60. The lowest BCUT2D eigenvalue weighted by molar-refractivity contribution is 0.576. The van der Waals surface area contributed by atoms with Gasteiger partial charge in [-0.1, -0.05) is 6.07 Å². The molecule has 2 heteroatoms. The van der Waals surface area contributed by atoms with Crippen LogP contribution >= 0.6 is 0 Å². The van der Waals surface area contributed by atoms with E-state index in [9.17, 15) is 0 Å². The van der Waals surface area contributed by atoms with Crippen LogP contribution in [0.5, 0.6) is 0 Å². The maximum atomic E-state index is 8.72. The Labute approximate surface area is 78.0 Å². The molecule has 1 aliphatic carbocycles. The highest BCUT2D eigenvalue weighted by atomic mass is 14.6. The minimum atomic E-state index is 0.306. The predicted octanol–water partition coefficient (Wildman–Crippen LogP) is 1.37. The van der Waals surface area contributed by atoms with Gasteiger partial charge in [0.05, 0.1) is 11.6 Å². The molecule has 0 saturated carbocycles. The second kappa shape index (κ2) is 3.20. The molecule has 1 aliphatic rings. The molecule has 0 aliphatic heterocycles. The van der Waals surface area contributed by atoms with Crippen molar-refractivity contribution < 1.29 is 0 Å². The molecule has 1 atom stereocenters. The standard InChI is InChI=1S/C11H12N2/c12-7-8-1-2-10-6-11(13)4-3-9(10)5-8/h1-2,5,11H,3-4,6,13H2/t11-/m1/s1. The molecule has 0 heterocycles. The Kier molecular flexibility index (Phi) is 2.03. The van der Waals surface area contributed by atoms with Gasteiger partial charge in [-0.15, -0.1) is 0 Å². The van der Waals surface area contributed by atoms with Crippen LogP contribution in [0.4, 0.5) is 0 Å². The first-order chi connectivity index (χ1) is 6.29. The fourth-order valence-electron chi connectivity index (χ4n) is 1.85. The molecule has 2 N–H and O–H groups in total. The first-order valence-electron chi connectivity index (χ1n) is 4.57. The average Bonchev–Trinajstić information content (AvgIpc) is 2.17. The van der Waals surface area contributed by atoms with Gasteiger partial charge in [0.1, 0.15) is 0 Å². The largest absolute Gasteiger partial charge is 0.327 e. The lowest BCUT2D eigenvalue weighted by Gasteiger charge is -2.21. The van der Waals surface area contributed by atoms with Crippen LogP contribution in [0.25, 0.3) is 0 Å². The number of rotatable bonds is 0. The van der Waals surface area contributed by atoms with Crippen LogP contribution in [0.3, 0.4) is 0 Å². The van der Waals surface area contributed by atoms with Crippen LogP contribution in [0.1, 0.15) is 23.1 Å². The second-order valence-corrected chi connectivity index (χ2v) is 3.60. The molecule has 13 heavy (non-hydrogen) atoms. The zero-order valence-corrected chi connectivity index (χ0v) is 7.46. The molecule has 2 nitrogen and oxygen atoms in total. The normalized spacial score (nSPS) is 20.5. The fourth-order valence-corrected chi connectivity index (χ4v) is 1.85. The quantitative estimate of drug-likeness (QED) is 0.642. The number of hydrogen-bond acceptors (Lipinski definition) is 2. The second-order valence-electron chi connectivity index (χ2n) is 3.60. The zero-order chi connectivity index (χ0) is 9.26. The highest BCUT2D eigenvalue weighted by Gasteiger charge is 2.14. The Morgan fingerprint density at radius 1 is 1.38 bits per heavy atom. The van der Waals surface area contributed by atoms with Crippen molar-refractivity contribution in [2.75, 3.05) is 0 Å². The van der Waals surface area contributed by atoms with Crippen molar-refractivity contribution in [2.24, 2.45) is 5.73 Å². The Bertz CT molecular complexity index is 363. The van der Waals surface area contributed by atoms with Crippen molar-refractivity contribution in [3.63, 3.8) is 0 Å². The van der Waals surface area contributed by atoms with E-state index in [0.29, 0.717) is 6.04 Å². The molecule has 2 rings (SSSR count). The summed E-state index contributed by atoms with van der Waals surface area (Å²) in [7, 11) is 0. The molecule has 0 fully saturated rings. The van der Waals surface area contributed by atoms with Gasteiger partial charge >= 0.3 is 0 Å². The van der Waals surface area contributed by atoms with Crippen LogP contribution in [-0.4, -0.2) is 6.04 Å². The fraction of sp³-hybridized carbons (Fsp3) is 0.364. The first-order valence-corrected chi connectivity index (χ1v) is 4.57. The zero-order valence-electron chi connectivity index (χ0n) is 7.46. The molecule has 0 saturated heterocycles. The number of fused-ring (bicyclic) bond motifs is 1. The van der Waals surface area contributed by atoms with Crippen LogP contribution in [-0.2, 0) is 12.8 Å². The Morgan fingerprint density at radius 2 is 2.23 bits per heavy atom. The summed E-state index contributed by atoms with van der Waals surface area (Å²) in [6.45, 7) is 0. The molecule has 0 amide bonds. The number of benzene rings is 1. The SMILES string of the molecule is N#Cc1ccc2c(c1)CC[C@@H](N)C2. The van der Waals surface area contributed by atoms with Crippen molar-refractivity contribution >= 4 is 0 Å². The maximum absolute atomic E-state index is 8.72. The monoisotopic (exact) mass is 172 g/mol. The molecule has 0 aromatic heterocycles. The molecule has 66 valence electrons. The summed E-state index contributed by atoms with van der Waals surface area (Å²) in [6, 6.07) is 8.36. The molecule has 0 radical (unpaired) electrons. The van der Waals surface area contributed by atoms with E-state index in [1.807, 2.05) is 18.2 Å². The highest BCUT2D eigenvalue weighted by Crippen LogP contribution is 2.21. The molecule has 0 unspecified atom stereocenters. The van der Waals surface area contributed by atoms with E-state index in [4.69, 9.17) is 11.0 Å². The molecule has 1 aromatic rings. The summed E-state index contributed by atoms with van der Waals surface area (Å²) >= 11 is 0.